The van der Waals surface area contributed by atoms with Crippen LogP contribution in [0, 0.1) is 12.8 Å². The first-order chi connectivity index (χ1) is 9.82. The van der Waals surface area contributed by atoms with Gasteiger partial charge in [0.15, 0.2) is 0 Å². The van der Waals surface area contributed by atoms with Crippen LogP contribution in [0.4, 0.5) is 18.9 Å². The maximum absolute atomic E-state index is 12.8. The van der Waals surface area contributed by atoms with Gasteiger partial charge in [-0.25, -0.2) is 0 Å². The fraction of sp³-hybridized carbons (Fsp3) is 0.533. The average Bonchev–Trinajstić information content (AvgIpc) is 2.45. The number of carbonyl (C=O) groups excluding carboxylic acids is 1. The summed E-state index contributed by atoms with van der Waals surface area (Å²) in [7, 11) is 1.69. The van der Waals surface area contributed by atoms with E-state index in [-0.39, 0.29) is 18.9 Å². The summed E-state index contributed by atoms with van der Waals surface area (Å²) in [5.41, 5.74) is 2.06. The Morgan fingerprint density at radius 2 is 2.10 bits per heavy atom. The number of nitrogens with one attached hydrogen (secondary N) is 1. The molecule has 0 spiro atoms. The molecule has 21 heavy (non-hydrogen) atoms. The van der Waals surface area contributed by atoms with Crippen LogP contribution in [0.5, 0.6) is 0 Å². The van der Waals surface area contributed by atoms with Gasteiger partial charge < -0.3 is 10.2 Å². The van der Waals surface area contributed by atoms with E-state index < -0.39 is 12.1 Å². The van der Waals surface area contributed by atoms with E-state index in [1.54, 1.807) is 19.2 Å². The minimum atomic E-state index is -4.24. The molecular formula is C15H19F3N2O. The molecule has 1 aliphatic heterocycles. The van der Waals surface area contributed by atoms with Crippen molar-refractivity contribution in [3.8, 4) is 0 Å². The van der Waals surface area contributed by atoms with E-state index in [1.165, 1.54) is 4.90 Å². The molecule has 3 nitrogen and oxygen atoms in total. The quantitative estimate of drug-likeness (QED) is 0.907. The second-order valence-electron chi connectivity index (χ2n) is 5.43. The number of rotatable bonds is 2. The summed E-state index contributed by atoms with van der Waals surface area (Å²) in [6.07, 6.45) is -3.76. The maximum Gasteiger partial charge on any atom is 0.393 e. The molecule has 6 heteroatoms. The Hall–Kier alpha value is -1.72. The lowest BCUT2D eigenvalue weighted by Crippen LogP contribution is -2.44. The number of hydrogen-bond donors (Lipinski definition) is 1. The Labute approximate surface area is 122 Å². The second kappa shape index (κ2) is 5.95. The number of carbonyl (C=O) groups is 1. The van der Waals surface area contributed by atoms with Crippen molar-refractivity contribution in [3.63, 3.8) is 0 Å². The summed E-state index contributed by atoms with van der Waals surface area (Å²) in [6.45, 7) is 2.03. The van der Waals surface area contributed by atoms with Crippen LogP contribution >= 0.6 is 0 Å². The van der Waals surface area contributed by atoms with Gasteiger partial charge in [-0.15, -0.1) is 0 Å². The van der Waals surface area contributed by atoms with Crippen LogP contribution < -0.4 is 5.32 Å². The topological polar surface area (TPSA) is 32.3 Å². The van der Waals surface area contributed by atoms with E-state index in [2.05, 4.69) is 5.32 Å². The largest absolute Gasteiger partial charge is 0.393 e. The summed E-state index contributed by atoms with van der Waals surface area (Å²) < 4.78 is 38.5. The smallest absolute Gasteiger partial charge is 0.387 e. The number of alkyl halides is 3. The van der Waals surface area contributed by atoms with Crippen molar-refractivity contribution >= 4 is 11.6 Å². The van der Waals surface area contributed by atoms with Crippen molar-refractivity contribution in [3.05, 3.63) is 29.3 Å². The van der Waals surface area contributed by atoms with Gasteiger partial charge in [-0.1, -0.05) is 6.07 Å². The Morgan fingerprint density at radius 3 is 2.71 bits per heavy atom. The molecule has 1 saturated heterocycles. The molecule has 2 rings (SSSR count). The van der Waals surface area contributed by atoms with Crippen LogP contribution in [-0.4, -0.2) is 37.1 Å². The minimum absolute atomic E-state index is 0.0973. The number of likely N-dealkylation sites (tertiary alicyclic amines) is 1. The molecular weight excluding hydrogens is 281 g/mol. The third kappa shape index (κ3) is 3.49. The van der Waals surface area contributed by atoms with E-state index in [0.717, 1.165) is 5.56 Å². The number of nitrogens with zero attached hydrogens (tertiary/aromatic N) is 1. The molecule has 116 valence electrons. The normalized spacial score (nSPS) is 19.5. The highest BCUT2D eigenvalue weighted by molar-refractivity contribution is 5.99. The van der Waals surface area contributed by atoms with Gasteiger partial charge in [0.05, 0.1) is 11.5 Å². The molecule has 1 fully saturated rings. The predicted molar refractivity (Wildman–Crippen MR) is 75.4 cm³/mol. The minimum Gasteiger partial charge on any atom is -0.387 e. The lowest BCUT2D eigenvalue weighted by Gasteiger charge is -2.34. The standard InChI is InChI=1S/C15H19F3N2O/c1-10-5-6-12(13(8-10)19-2)14(21)20-7-3-4-11(9-20)15(16,17)18/h5-6,8,11,19H,3-4,7,9H2,1-2H3. The van der Waals surface area contributed by atoms with E-state index in [9.17, 15) is 18.0 Å². The lowest BCUT2D eigenvalue weighted by atomic mass is 9.96. The highest BCUT2D eigenvalue weighted by Gasteiger charge is 2.42. The van der Waals surface area contributed by atoms with Gasteiger partial charge in [0, 0.05) is 25.8 Å². The molecule has 0 bridgehead atoms. The monoisotopic (exact) mass is 300 g/mol. The van der Waals surface area contributed by atoms with E-state index in [1.807, 2.05) is 13.0 Å². The molecule has 0 aromatic heterocycles. The van der Waals surface area contributed by atoms with Gasteiger partial charge in [-0.05, 0) is 37.5 Å². The first-order valence-corrected chi connectivity index (χ1v) is 6.97. The zero-order valence-electron chi connectivity index (χ0n) is 12.1. The van der Waals surface area contributed by atoms with Crippen molar-refractivity contribution in [1.82, 2.24) is 4.90 Å². The molecule has 1 aliphatic rings. The summed E-state index contributed by atoms with van der Waals surface area (Å²) in [5.74, 6) is -1.76. The van der Waals surface area contributed by atoms with E-state index in [4.69, 9.17) is 0 Å². The Morgan fingerprint density at radius 1 is 1.38 bits per heavy atom. The predicted octanol–water partition coefficient (Wildman–Crippen LogP) is 3.45. The van der Waals surface area contributed by atoms with Crippen molar-refractivity contribution < 1.29 is 18.0 Å². The van der Waals surface area contributed by atoms with Crippen LogP contribution in [-0.2, 0) is 0 Å². The van der Waals surface area contributed by atoms with Crippen molar-refractivity contribution in [2.75, 3.05) is 25.5 Å². The molecule has 0 radical (unpaired) electrons. The van der Waals surface area contributed by atoms with Gasteiger partial charge in [-0.2, -0.15) is 13.2 Å². The Bertz CT molecular complexity index is 528. The van der Waals surface area contributed by atoms with Crippen molar-refractivity contribution in [2.45, 2.75) is 25.9 Å². The van der Waals surface area contributed by atoms with E-state index in [0.29, 0.717) is 24.2 Å². The van der Waals surface area contributed by atoms with Gasteiger partial charge in [0.1, 0.15) is 0 Å². The first kappa shape index (κ1) is 15.7. The summed E-state index contributed by atoms with van der Waals surface area (Å²) in [6, 6.07) is 5.28. The number of hydrogen-bond acceptors (Lipinski definition) is 2. The van der Waals surface area contributed by atoms with Crippen LogP contribution in [0.2, 0.25) is 0 Å². The molecule has 1 atom stereocenters. The number of aryl methyl sites for hydroxylation is 1. The number of piperidine rings is 1. The zero-order valence-corrected chi connectivity index (χ0v) is 12.1. The van der Waals surface area contributed by atoms with Gasteiger partial charge in [-0.3, -0.25) is 4.79 Å². The fourth-order valence-corrected chi connectivity index (χ4v) is 2.65. The van der Waals surface area contributed by atoms with Gasteiger partial charge in [0.2, 0.25) is 0 Å². The zero-order chi connectivity index (χ0) is 15.6. The third-order valence-electron chi connectivity index (χ3n) is 3.85. The van der Waals surface area contributed by atoms with Gasteiger partial charge >= 0.3 is 6.18 Å². The maximum atomic E-state index is 12.8. The molecule has 0 saturated carbocycles. The highest BCUT2D eigenvalue weighted by atomic mass is 19.4. The number of benzene rings is 1. The van der Waals surface area contributed by atoms with E-state index >= 15 is 0 Å². The van der Waals surface area contributed by atoms with Crippen LogP contribution in [0.3, 0.4) is 0 Å². The summed E-state index contributed by atoms with van der Waals surface area (Å²) in [5, 5.41) is 2.93. The average molecular weight is 300 g/mol. The Balaban J connectivity index is 2.20. The molecule has 1 aromatic carbocycles. The Kier molecular flexibility index (Phi) is 4.44. The first-order valence-electron chi connectivity index (χ1n) is 6.97. The fourth-order valence-electron chi connectivity index (χ4n) is 2.65. The number of amides is 1. The molecule has 1 aromatic rings. The molecule has 0 aliphatic carbocycles. The molecule has 1 heterocycles. The van der Waals surface area contributed by atoms with Crippen LogP contribution in [0.25, 0.3) is 0 Å². The third-order valence-corrected chi connectivity index (χ3v) is 3.85. The van der Waals surface area contributed by atoms with Crippen molar-refractivity contribution in [1.29, 1.82) is 0 Å². The van der Waals surface area contributed by atoms with Gasteiger partial charge in [0.25, 0.3) is 5.91 Å². The van der Waals surface area contributed by atoms with Crippen LogP contribution in [0.1, 0.15) is 28.8 Å². The summed E-state index contributed by atoms with van der Waals surface area (Å²) in [4.78, 5) is 13.8. The SMILES string of the molecule is CNc1cc(C)ccc1C(=O)N1CCCC(C(F)(F)F)C1. The number of anilines is 1. The molecule has 1 amide bonds. The second-order valence-corrected chi connectivity index (χ2v) is 5.43. The van der Waals surface area contributed by atoms with Crippen molar-refractivity contribution in [2.24, 2.45) is 5.92 Å². The lowest BCUT2D eigenvalue weighted by molar-refractivity contribution is -0.184. The molecule has 1 N–H and O–H groups in total. The summed E-state index contributed by atoms with van der Waals surface area (Å²) >= 11 is 0. The molecule has 1 unspecified atom stereocenters. The highest BCUT2D eigenvalue weighted by Crippen LogP contribution is 2.34. The number of halogens is 3. The van der Waals surface area contributed by atoms with Crippen LogP contribution in [0.15, 0.2) is 18.2 Å².